The topological polar surface area (TPSA) is 26.8 Å². The van der Waals surface area contributed by atoms with Gasteiger partial charge in [-0.2, -0.15) is 0 Å². The Balaban J connectivity index is 1.46. The minimum atomic E-state index is 0.243. The smallest absolute Gasteiger partial charge is 0.255 e. The van der Waals surface area contributed by atoms with Crippen molar-refractivity contribution in [3.05, 3.63) is 29.8 Å². The second kappa shape index (κ2) is 7.70. The molecule has 0 saturated carbocycles. The van der Waals surface area contributed by atoms with Gasteiger partial charge in [0.15, 0.2) is 0 Å². The van der Waals surface area contributed by atoms with Gasteiger partial charge in [-0.15, -0.1) is 0 Å². The Labute approximate surface area is 170 Å². The summed E-state index contributed by atoms with van der Waals surface area (Å²) in [7, 11) is 0. The van der Waals surface area contributed by atoms with Crippen LogP contribution in [0.3, 0.4) is 0 Å². The summed E-state index contributed by atoms with van der Waals surface area (Å²) in [6.45, 7) is 14.5. The molecule has 4 nitrogen and oxygen atoms in total. The van der Waals surface area contributed by atoms with E-state index in [0.29, 0.717) is 10.8 Å². The molecule has 1 amide bonds. The van der Waals surface area contributed by atoms with Crippen molar-refractivity contribution in [3.8, 4) is 0 Å². The first-order chi connectivity index (χ1) is 13.4. The number of carbonyl (C=O) groups is 1. The number of nitrogens with zero attached hydrogens (tertiary/aromatic N) is 3. The molecule has 3 aliphatic rings. The van der Waals surface area contributed by atoms with Gasteiger partial charge in [-0.25, -0.2) is 0 Å². The van der Waals surface area contributed by atoms with Crippen molar-refractivity contribution in [2.24, 2.45) is 10.8 Å². The van der Waals surface area contributed by atoms with E-state index in [2.05, 4.69) is 47.6 Å². The number of carbonyl (C=O) groups excluding carboxylic acids is 1. The second-order valence-electron chi connectivity index (χ2n) is 10.6. The molecule has 0 aromatic heterocycles. The second-order valence-corrected chi connectivity index (χ2v) is 10.6. The normalized spacial score (nSPS) is 26.4. The molecule has 3 heterocycles. The van der Waals surface area contributed by atoms with Crippen LogP contribution in [0.25, 0.3) is 0 Å². The number of anilines is 1. The standard InChI is InChI=1S/C24H37N3O/c1-23(2,3)17-25-13-8-11-24(18-25)12-16-27(19-24)22(28)20-9-4-5-10-21(20)26-14-6-7-15-26/h4-5,9-10H,6-8,11-19H2,1-3H3. The summed E-state index contributed by atoms with van der Waals surface area (Å²) in [5.41, 5.74) is 2.69. The molecule has 3 saturated heterocycles. The zero-order valence-electron chi connectivity index (χ0n) is 18.0. The van der Waals surface area contributed by atoms with Gasteiger partial charge in [0, 0.05) is 50.4 Å². The molecule has 0 N–H and O–H groups in total. The van der Waals surface area contributed by atoms with Crippen LogP contribution in [-0.2, 0) is 0 Å². The van der Waals surface area contributed by atoms with Crippen molar-refractivity contribution in [2.45, 2.75) is 52.9 Å². The third-order valence-electron chi connectivity index (χ3n) is 6.75. The Bertz CT molecular complexity index is 704. The summed E-state index contributed by atoms with van der Waals surface area (Å²) < 4.78 is 0. The van der Waals surface area contributed by atoms with E-state index in [9.17, 15) is 4.79 Å². The number of likely N-dealkylation sites (tertiary alicyclic amines) is 2. The Morgan fingerprint density at radius 3 is 2.46 bits per heavy atom. The summed E-state index contributed by atoms with van der Waals surface area (Å²) in [4.78, 5) is 20.6. The van der Waals surface area contributed by atoms with Crippen LogP contribution in [0.2, 0.25) is 0 Å². The van der Waals surface area contributed by atoms with Crippen molar-refractivity contribution in [2.75, 3.05) is 50.7 Å². The van der Waals surface area contributed by atoms with Crippen LogP contribution in [0.4, 0.5) is 5.69 Å². The van der Waals surface area contributed by atoms with Gasteiger partial charge in [-0.1, -0.05) is 32.9 Å². The van der Waals surface area contributed by atoms with Gasteiger partial charge in [0.2, 0.25) is 0 Å². The van der Waals surface area contributed by atoms with Crippen molar-refractivity contribution in [1.82, 2.24) is 9.80 Å². The molecule has 154 valence electrons. The first-order valence-electron chi connectivity index (χ1n) is 11.2. The van der Waals surface area contributed by atoms with Crippen LogP contribution in [0.1, 0.15) is 63.2 Å². The Kier molecular flexibility index (Phi) is 5.43. The highest BCUT2D eigenvalue weighted by molar-refractivity contribution is 6.00. The lowest BCUT2D eigenvalue weighted by atomic mass is 9.78. The van der Waals surface area contributed by atoms with Crippen molar-refractivity contribution in [3.63, 3.8) is 0 Å². The highest BCUT2D eigenvalue weighted by Crippen LogP contribution is 2.40. The maximum absolute atomic E-state index is 13.4. The third kappa shape index (κ3) is 4.22. The molecule has 4 rings (SSSR count). The number of rotatable bonds is 3. The monoisotopic (exact) mass is 383 g/mol. The number of para-hydroxylation sites is 1. The summed E-state index contributed by atoms with van der Waals surface area (Å²) in [6.07, 6.45) is 6.16. The van der Waals surface area contributed by atoms with Gasteiger partial charge in [0.1, 0.15) is 0 Å². The first kappa shape index (κ1) is 19.8. The zero-order valence-corrected chi connectivity index (χ0v) is 18.0. The average Bonchev–Trinajstić information content (AvgIpc) is 3.30. The molecule has 3 aliphatic heterocycles. The Morgan fingerprint density at radius 2 is 1.71 bits per heavy atom. The van der Waals surface area contributed by atoms with Crippen LogP contribution in [0, 0.1) is 10.8 Å². The van der Waals surface area contributed by atoms with Gasteiger partial charge in [0.25, 0.3) is 5.91 Å². The number of hydrogen-bond donors (Lipinski definition) is 0. The van der Waals surface area contributed by atoms with Crippen molar-refractivity contribution >= 4 is 11.6 Å². The van der Waals surface area contributed by atoms with E-state index in [1.807, 2.05) is 12.1 Å². The minimum Gasteiger partial charge on any atom is -0.371 e. The predicted octanol–water partition coefficient (Wildman–Crippen LogP) is 4.26. The van der Waals surface area contributed by atoms with Crippen molar-refractivity contribution < 1.29 is 4.79 Å². The Hall–Kier alpha value is -1.55. The maximum atomic E-state index is 13.4. The van der Waals surface area contributed by atoms with E-state index >= 15 is 0 Å². The van der Waals surface area contributed by atoms with Gasteiger partial charge < -0.3 is 14.7 Å². The molecular formula is C24H37N3O. The number of hydrogen-bond acceptors (Lipinski definition) is 3. The number of benzene rings is 1. The van der Waals surface area contributed by atoms with Crippen LogP contribution >= 0.6 is 0 Å². The molecule has 28 heavy (non-hydrogen) atoms. The highest BCUT2D eigenvalue weighted by Gasteiger charge is 2.43. The van der Waals surface area contributed by atoms with E-state index in [1.165, 1.54) is 32.2 Å². The molecule has 3 fully saturated rings. The van der Waals surface area contributed by atoms with Crippen LogP contribution in [-0.4, -0.2) is 61.5 Å². The number of amides is 1. The quantitative estimate of drug-likeness (QED) is 0.780. The SMILES string of the molecule is CC(C)(C)CN1CCCC2(CCN(C(=O)c3ccccc3N3CCCC3)C2)C1. The maximum Gasteiger partial charge on any atom is 0.255 e. The molecule has 4 heteroatoms. The first-order valence-corrected chi connectivity index (χ1v) is 11.2. The zero-order chi connectivity index (χ0) is 19.8. The Morgan fingerprint density at radius 1 is 0.964 bits per heavy atom. The molecule has 1 unspecified atom stereocenters. The largest absolute Gasteiger partial charge is 0.371 e. The fourth-order valence-electron chi connectivity index (χ4n) is 5.62. The van der Waals surface area contributed by atoms with E-state index in [4.69, 9.17) is 0 Å². The van der Waals surface area contributed by atoms with E-state index < -0.39 is 0 Å². The molecule has 0 aliphatic carbocycles. The lowest BCUT2D eigenvalue weighted by Crippen LogP contribution is -2.47. The van der Waals surface area contributed by atoms with Gasteiger partial charge in [-0.3, -0.25) is 4.79 Å². The molecule has 1 aromatic carbocycles. The van der Waals surface area contributed by atoms with Gasteiger partial charge in [0.05, 0.1) is 5.56 Å². The summed E-state index contributed by atoms with van der Waals surface area (Å²) in [5.74, 6) is 0.243. The van der Waals surface area contributed by atoms with E-state index in [1.54, 1.807) is 0 Å². The van der Waals surface area contributed by atoms with Crippen LogP contribution < -0.4 is 4.90 Å². The van der Waals surface area contributed by atoms with Crippen LogP contribution in [0.15, 0.2) is 24.3 Å². The molecule has 0 bridgehead atoms. The summed E-state index contributed by atoms with van der Waals surface area (Å²) >= 11 is 0. The molecule has 1 aromatic rings. The fourth-order valence-corrected chi connectivity index (χ4v) is 5.62. The highest BCUT2D eigenvalue weighted by atomic mass is 16.2. The predicted molar refractivity (Wildman–Crippen MR) is 116 cm³/mol. The van der Waals surface area contributed by atoms with E-state index in [-0.39, 0.29) is 5.91 Å². The molecule has 1 atom stereocenters. The average molecular weight is 384 g/mol. The lowest BCUT2D eigenvalue weighted by molar-refractivity contribution is 0.0595. The van der Waals surface area contributed by atoms with Crippen molar-refractivity contribution in [1.29, 1.82) is 0 Å². The molecular weight excluding hydrogens is 346 g/mol. The fraction of sp³-hybridized carbons (Fsp3) is 0.708. The molecule has 1 spiro atoms. The summed E-state index contributed by atoms with van der Waals surface area (Å²) in [6, 6.07) is 8.26. The van der Waals surface area contributed by atoms with Crippen LogP contribution in [0.5, 0.6) is 0 Å². The minimum absolute atomic E-state index is 0.243. The third-order valence-corrected chi connectivity index (χ3v) is 6.75. The van der Waals surface area contributed by atoms with E-state index in [0.717, 1.165) is 56.9 Å². The van der Waals surface area contributed by atoms with Gasteiger partial charge in [-0.05, 0) is 56.2 Å². The molecule has 0 radical (unpaired) electrons. The number of piperidine rings is 1. The summed E-state index contributed by atoms with van der Waals surface area (Å²) in [5, 5.41) is 0. The lowest BCUT2D eigenvalue weighted by Gasteiger charge is -2.42. The van der Waals surface area contributed by atoms with Gasteiger partial charge >= 0.3 is 0 Å².